The maximum Gasteiger partial charge on any atom is 0.231 e. The minimum atomic E-state index is 0.273. The van der Waals surface area contributed by atoms with E-state index in [0.717, 1.165) is 45.6 Å². The zero-order valence-corrected chi connectivity index (χ0v) is 16.1. The second-order valence-electron chi connectivity index (χ2n) is 6.59. The van der Waals surface area contributed by atoms with E-state index in [1.165, 1.54) is 0 Å². The van der Waals surface area contributed by atoms with Crippen LogP contribution in [-0.4, -0.2) is 23.9 Å². The molecule has 2 N–H and O–H groups in total. The third-order valence-electron chi connectivity index (χ3n) is 4.37. The SMILES string of the molecule is COc1ccc(C)cc1Nc1nc(C)cc(NCc2ccc3c(c2)OCO3)n1. The zero-order valence-electron chi connectivity index (χ0n) is 16.1. The highest BCUT2D eigenvalue weighted by Crippen LogP contribution is 2.32. The first kappa shape index (κ1) is 17.9. The summed E-state index contributed by atoms with van der Waals surface area (Å²) in [7, 11) is 1.64. The van der Waals surface area contributed by atoms with Crippen molar-refractivity contribution in [3.8, 4) is 17.2 Å². The Morgan fingerprint density at radius 3 is 2.71 bits per heavy atom. The molecule has 0 saturated carbocycles. The summed E-state index contributed by atoms with van der Waals surface area (Å²) >= 11 is 0. The standard InChI is InChI=1S/C21H22N4O3/c1-13-4-6-17(26-3)16(8-13)24-21-23-14(2)9-20(25-21)22-11-15-5-7-18-19(10-15)28-12-27-18/h4-10H,11-12H2,1-3H3,(H2,22,23,24,25). The first-order valence-corrected chi connectivity index (χ1v) is 9.00. The second kappa shape index (κ2) is 7.64. The van der Waals surface area contributed by atoms with Gasteiger partial charge in [0.05, 0.1) is 12.8 Å². The van der Waals surface area contributed by atoms with E-state index >= 15 is 0 Å². The van der Waals surface area contributed by atoms with Crippen molar-refractivity contribution in [2.45, 2.75) is 20.4 Å². The van der Waals surface area contributed by atoms with Crippen LogP contribution in [0.4, 0.5) is 17.5 Å². The van der Waals surface area contributed by atoms with Gasteiger partial charge in [-0.25, -0.2) is 4.98 Å². The van der Waals surface area contributed by atoms with Crippen molar-refractivity contribution in [2.24, 2.45) is 0 Å². The fraction of sp³-hybridized carbons (Fsp3) is 0.238. The Morgan fingerprint density at radius 2 is 1.86 bits per heavy atom. The molecule has 1 aliphatic heterocycles. The predicted molar refractivity (Wildman–Crippen MR) is 108 cm³/mol. The number of fused-ring (bicyclic) bond motifs is 1. The van der Waals surface area contributed by atoms with Crippen LogP contribution < -0.4 is 24.8 Å². The molecule has 2 heterocycles. The third kappa shape index (κ3) is 3.93. The van der Waals surface area contributed by atoms with Crippen molar-refractivity contribution >= 4 is 17.5 Å². The molecular weight excluding hydrogens is 356 g/mol. The van der Waals surface area contributed by atoms with E-state index in [2.05, 4.69) is 20.6 Å². The summed E-state index contributed by atoms with van der Waals surface area (Å²) in [6, 6.07) is 13.7. The zero-order chi connectivity index (χ0) is 19.5. The van der Waals surface area contributed by atoms with Gasteiger partial charge in [-0.05, 0) is 49.2 Å². The molecule has 4 rings (SSSR count). The van der Waals surface area contributed by atoms with Crippen molar-refractivity contribution in [3.63, 3.8) is 0 Å². The van der Waals surface area contributed by atoms with Gasteiger partial charge in [-0.2, -0.15) is 4.98 Å². The number of methoxy groups -OCH3 is 1. The molecule has 0 radical (unpaired) electrons. The number of aryl methyl sites for hydroxylation is 2. The maximum atomic E-state index is 5.43. The van der Waals surface area contributed by atoms with E-state index in [1.54, 1.807) is 7.11 Å². The Balaban J connectivity index is 1.50. The quantitative estimate of drug-likeness (QED) is 0.666. The summed E-state index contributed by atoms with van der Waals surface area (Å²) in [5.41, 5.74) is 3.89. The van der Waals surface area contributed by atoms with Gasteiger partial charge in [-0.1, -0.05) is 12.1 Å². The largest absolute Gasteiger partial charge is 0.495 e. The fourth-order valence-corrected chi connectivity index (χ4v) is 3.00. The lowest BCUT2D eigenvalue weighted by Crippen LogP contribution is -2.06. The van der Waals surface area contributed by atoms with E-state index in [0.29, 0.717) is 12.5 Å². The normalized spacial score (nSPS) is 12.0. The fourth-order valence-electron chi connectivity index (χ4n) is 3.00. The molecule has 1 aliphatic rings. The molecule has 0 fully saturated rings. The highest BCUT2D eigenvalue weighted by Gasteiger charge is 2.13. The Hall–Kier alpha value is -3.48. The molecule has 3 aromatic rings. The van der Waals surface area contributed by atoms with Crippen molar-refractivity contribution in [1.82, 2.24) is 9.97 Å². The average molecular weight is 378 g/mol. The number of aromatic nitrogens is 2. The number of hydrogen-bond acceptors (Lipinski definition) is 7. The van der Waals surface area contributed by atoms with Crippen LogP contribution in [0.2, 0.25) is 0 Å². The summed E-state index contributed by atoms with van der Waals surface area (Å²) in [6.07, 6.45) is 0. The van der Waals surface area contributed by atoms with Crippen LogP contribution in [0.5, 0.6) is 17.2 Å². The minimum absolute atomic E-state index is 0.273. The number of anilines is 3. The second-order valence-corrected chi connectivity index (χ2v) is 6.59. The first-order chi connectivity index (χ1) is 13.6. The summed E-state index contributed by atoms with van der Waals surface area (Å²) in [5.74, 6) is 3.54. The van der Waals surface area contributed by atoms with E-state index < -0.39 is 0 Å². The smallest absolute Gasteiger partial charge is 0.231 e. The van der Waals surface area contributed by atoms with E-state index in [1.807, 2.05) is 56.3 Å². The molecule has 0 aliphatic carbocycles. The van der Waals surface area contributed by atoms with Gasteiger partial charge in [0.1, 0.15) is 11.6 Å². The van der Waals surface area contributed by atoms with Crippen molar-refractivity contribution in [2.75, 3.05) is 24.5 Å². The molecule has 0 unspecified atom stereocenters. The van der Waals surface area contributed by atoms with Crippen molar-refractivity contribution in [3.05, 3.63) is 59.3 Å². The van der Waals surface area contributed by atoms with Crippen LogP contribution >= 0.6 is 0 Å². The lowest BCUT2D eigenvalue weighted by molar-refractivity contribution is 0.174. The number of rotatable bonds is 6. The number of benzene rings is 2. The van der Waals surface area contributed by atoms with Gasteiger partial charge in [-0.15, -0.1) is 0 Å². The van der Waals surface area contributed by atoms with Gasteiger partial charge in [0.15, 0.2) is 11.5 Å². The molecule has 7 nitrogen and oxygen atoms in total. The highest BCUT2D eigenvalue weighted by molar-refractivity contribution is 5.64. The molecule has 0 spiro atoms. The number of ether oxygens (including phenoxy) is 3. The van der Waals surface area contributed by atoms with Crippen LogP contribution in [0.25, 0.3) is 0 Å². The molecule has 2 aromatic carbocycles. The lowest BCUT2D eigenvalue weighted by atomic mass is 10.2. The van der Waals surface area contributed by atoms with Gasteiger partial charge in [-0.3, -0.25) is 0 Å². The van der Waals surface area contributed by atoms with Crippen LogP contribution in [0, 0.1) is 13.8 Å². The van der Waals surface area contributed by atoms with E-state index in [-0.39, 0.29) is 6.79 Å². The minimum Gasteiger partial charge on any atom is -0.495 e. The topological polar surface area (TPSA) is 77.5 Å². The van der Waals surface area contributed by atoms with E-state index in [4.69, 9.17) is 14.2 Å². The number of hydrogen-bond donors (Lipinski definition) is 2. The molecule has 0 saturated heterocycles. The van der Waals surface area contributed by atoms with Gasteiger partial charge in [0.25, 0.3) is 0 Å². The van der Waals surface area contributed by atoms with Gasteiger partial charge in [0.2, 0.25) is 12.7 Å². The molecule has 0 amide bonds. The molecule has 28 heavy (non-hydrogen) atoms. The van der Waals surface area contributed by atoms with Crippen LogP contribution in [0.3, 0.4) is 0 Å². The summed E-state index contributed by atoms with van der Waals surface area (Å²) in [4.78, 5) is 9.06. The van der Waals surface area contributed by atoms with Gasteiger partial charge < -0.3 is 24.8 Å². The van der Waals surface area contributed by atoms with Gasteiger partial charge in [0, 0.05) is 18.3 Å². The first-order valence-electron chi connectivity index (χ1n) is 9.00. The number of nitrogens with one attached hydrogen (secondary N) is 2. The maximum absolute atomic E-state index is 5.43. The van der Waals surface area contributed by atoms with Crippen molar-refractivity contribution in [1.29, 1.82) is 0 Å². The predicted octanol–water partition coefficient (Wildman–Crippen LogP) is 4.19. The third-order valence-corrected chi connectivity index (χ3v) is 4.37. The Labute approximate surface area is 163 Å². The van der Waals surface area contributed by atoms with Crippen LogP contribution in [0.1, 0.15) is 16.8 Å². The van der Waals surface area contributed by atoms with Crippen LogP contribution in [0.15, 0.2) is 42.5 Å². The van der Waals surface area contributed by atoms with Crippen molar-refractivity contribution < 1.29 is 14.2 Å². The molecule has 7 heteroatoms. The lowest BCUT2D eigenvalue weighted by Gasteiger charge is -2.13. The molecule has 1 aromatic heterocycles. The van der Waals surface area contributed by atoms with Gasteiger partial charge >= 0.3 is 0 Å². The molecule has 0 bridgehead atoms. The molecular formula is C21H22N4O3. The molecule has 0 atom stereocenters. The summed E-state index contributed by atoms with van der Waals surface area (Å²) < 4.78 is 16.2. The Morgan fingerprint density at radius 1 is 1.00 bits per heavy atom. The van der Waals surface area contributed by atoms with E-state index in [9.17, 15) is 0 Å². The highest BCUT2D eigenvalue weighted by atomic mass is 16.7. The molecule has 144 valence electrons. The Bertz CT molecular complexity index is 1010. The Kier molecular flexibility index (Phi) is 4.89. The number of nitrogens with zero attached hydrogens (tertiary/aromatic N) is 2. The average Bonchev–Trinajstić information content (AvgIpc) is 3.14. The summed E-state index contributed by atoms with van der Waals surface area (Å²) in [5, 5.41) is 6.59. The monoisotopic (exact) mass is 378 g/mol. The van der Waals surface area contributed by atoms with Crippen LogP contribution in [-0.2, 0) is 6.54 Å². The summed E-state index contributed by atoms with van der Waals surface area (Å²) in [6.45, 7) is 4.85.